The monoisotopic (exact) mass is 457 g/mol. The normalized spacial score (nSPS) is 14.4. The Morgan fingerprint density at radius 3 is 2.50 bits per heavy atom. The molecule has 0 radical (unpaired) electrons. The molecule has 2 aromatic heterocycles. The van der Waals surface area contributed by atoms with Gasteiger partial charge in [0.05, 0.1) is 23.8 Å². The second-order valence-electron chi connectivity index (χ2n) is 8.34. The van der Waals surface area contributed by atoms with Gasteiger partial charge in [0.1, 0.15) is 5.82 Å². The zero-order valence-electron chi connectivity index (χ0n) is 19.1. The van der Waals surface area contributed by atoms with Gasteiger partial charge in [0.25, 0.3) is 11.8 Å². The number of fused-ring (bicyclic) bond motifs is 1. The van der Waals surface area contributed by atoms with Crippen molar-refractivity contribution in [2.24, 2.45) is 0 Å². The van der Waals surface area contributed by atoms with Crippen LogP contribution in [0.3, 0.4) is 0 Å². The number of aryl methyl sites for hydroxylation is 1. The van der Waals surface area contributed by atoms with Crippen LogP contribution in [0.4, 0.5) is 5.69 Å². The number of carbonyl (C=O) groups excluding carboxylic acids is 2. The highest BCUT2D eigenvalue weighted by molar-refractivity contribution is 6.03. The van der Waals surface area contributed by atoms with Gasteiger partial charge in [-0.25, -0.2) is 4.98 Å². The number of piperazine rings is 1. The summed E-state index contributed by atoms with van der Waals surface area (Å²) < 4.78 is 7.37. The molecule has 0 unspecified atom stereocenters. The van der Waals surface area contributed by atoms with Crippen molar-refractivity contribution in [1.82, 2.24) is 19.4 Å². The minimum Gasteiger partial charge on any atom is -0.459 e. The number of hydrogen-bond donors (Lipinski definition) is 1. The molecule has 0 saturated carbocycles. The molecular weight excluding hydrogens is 430 g/mol. The quantitative estimate of drug-likeness (QED) is 0.475. The molecule has 8 nitrogen and oxygen atoms in total. The first kappa shape index (κ1) is 21.9. The Morgan fingerprint density at radius 1 is 1.00 bits per heavy atom. The summed E-state index contributed by atoms with van der Waals surface area (Å²) in [6.07, 6.45) is 1.48. The predicted octanol–water partition coefficient (Wildman–Crippen LogP) is 3.86. The Bertz CT molecular complexity index is 1290. The highest BCUT2D eigenvalue weighted by atomic mass is 16.3. The molecule has 1 saturated heterocycles. The van der Waals surface area contributed by atoms with Gasteiger partial charge in [-0.05, 0) is 49.4 Å². The molecule has 5 rings (SSSR count). The third-order valence-corrected chi connectivity index (χ3v) is 6.19. The Labute approximate surface area is 197 Å². The predicted molar refractivity (Wildman–Crippen MR) is 130 cm³/mol. The van der Waals surface area contributed by atoms with Crippen molar-refractivity contribution in [2.45, 2.75) is 20.0 Å². The molecule has 1 N–H and O–H groups in total. The fraction of sp³-hybridized carbons (Fsp3) is 0.269. The molecule has 3 heterocycles. The van der Waals surface area contributed by atoms with Crippen LogP contribution < -0.4 is 5.32 Å². The maximum atomic E-state index is 12.7. The summed E-state index contributed by atoms with van der Waals surface area (Å²) in [5, 5.41) is 2.86. The molecule has 8 heteroatoms. The molecule has 1 fully saturated rings. The fourth-order valence-corrected chi connectivity index (χ4v) is 4.40. The molecule has 34 heavy (non-hydrogen) atoms. The van der Waals surface area contributed by atoms with E-state index < -0.39 is 0 Å². The minimum atomic E-state index is -0.289. The zero-order chi connectivity index (χ0) is 23.5. The van der Waals surface area contributed by atoms with Crippen molar-refractivity contribution in [2.75, 3.05) is 31.5 Å². The van der Waals surface area contributed by atoms with E-state index in [0.29, 0.717) is 25.3 Å². The van der Waals surface area contributed by atoms with Crippen LogP contribution in [-0.2, 0) is 13.1 Å². The molecule has 0 bridgehead atoms. The average Bonchev–Trinajstić information content (AvgIpc) is 3.52. The number of benzene rings is 2. The number of nitrogens with zero attached hydrogens (tertiary/aromatic N) is 4. The lowest BCUT2D eigenvalue weighted by Gasteiger charge is -2.34. The van der Waals surface area contributed by atoms with Crippen molar-refractivity contribution in [1.29, 1.82) is 0 Å². The van der Waals surface area contributed by atoms with Gasteiger partial charge in [-0.2, -0.15) is 0 Å². The van der Waals surface area contributed by atoms with Crippen LogP contribution in [0.5, 0.6) is 0 Å². The average molecular weight is 458 g/mol. The van der Waals surface area contributed by atoms with Crippen molar-refractivity contribution in [3.8, 4) is 0 Å². The Hall–Kier alpha value is -3.91. The van der Waals surface area contributed by atoms with E-state index in [-0.39, 0.29) is 17.6 Å². The summed E-state index contributed by atoms with van der Waals surface area (Å²) in [5.74, 6) is 1.05. The standard InChI is InChI=1S/C26H27N5O3/c1-2-31-22-11-10-20(27-25(32)23-9-6-16-34-23)17-21(22)28-24(31)18-29-12-14-30(15-13-29)26(33)19-7-4-3-5-8-19/h3-11,16-17H,2,12-15,18H2,1H3,(H,27,32). The van der Waals surface area contributed by atoms with E-state index in [4.69, 9.17) is 9.40 Å². The third-order valence-electron chi connectivity index (χ3n) is 6.19. The van der Waals surface area contributed by atoms with E-state index in [9.17, 15) is 9.59 Å². The van der Waals surface area contributed by atoms with Crippen LogP contribution in [-0.4, -0.2) is 57.3 Å². The Morgan fingerprint density at radius 2 is 1.79 bits per heavy atom. The van der Waals surface area contributed by atoms with E-state index >= 15 is 0 Å². The van der Waals surface area contributed by atoms with Crippen molar-refractivity contribution < 1.29 is 14.0 Å². The van der Waals surface area contributed by atoms with Gasteiger partial charge in [0.15, 0.2) is 5.76 Å². The maximum Gasteiger partial charge on any atom is 0.291 e. The minimum absolute atomic E-state index is 0.0881. The van der Waals surface area contributed by atoms with E-state index in [1.165, 1.54) is 6.26 Å². The number of aromatic nitrogens is 2. The smallest absolute Gasteiger partial charge is 0.291 e. The summed E-state index contributed by atoms with van der Waals surface area (Å²) in [6, 6.07) is 18.5. The first-order valence-corrected chi connectivity index (χ1v) is 11.5. The first-order valence-electron chi connectivity index (χ1n) is 11.5. The van der Waals surface area contributed by atoms with Crippen LogP contribution in [0.1, 0.15) is 33.7 Å². The van der Waals surface area contributed by atoms with Crippen LogP contribution in [0, 0.1) is 0 Å². The number of carbonyl (C=O) groups is 2. The van der Waals surface area contributed by atoms with Crippen LogP contribution in [0.15, 0.2) is 71.3 Å². The molecular formula is C26H27N5O3. The number of imidazole rings is 1. The van der Waals surface area contributed by atoms with Crippen molar-refractivity contribution >= 4 is 28.5 Å². The second kappa shape index (κ2) is 9.52. The van der Waals surface area contributed by atoms with Crippen LogP contribution in [0.2, 0.25) is 0 Å². The molecule has 174 valence electrons. The maximum absolute atomic E-state index is 12.7. The van der Waals surface area contributed by atoms with Gasteiger partial charge >= 0.3 is 0 Å². The van der Waals surface area contributed by atoms with Gasteiger partial charge in [0.2, 0.25) is 0 Å². The molecule has 1 aliphatic heterocycles. The largest absolute Gasteiger partial charge is 0.459 e. The summed E-state index contributed by atoms with van der Waals surface area (Å²) in [7, 11) is 0. The molecule has 0 spiro atoms. The number of rotatable bonds is 6. The molecule has 0 aliphatic carbocycles. The van der Waals surface area contributed by atoms with Gasteiger partial charge in [-0.3, -0.25) is 14.5 Å². The lowest BCUT2D eigenvalue weighted by Crippen LogP contribution is -2.48. The first-order chi connectivity index (χ1) is 16.6. The topological polar surface area (TPSA) is 83.6 Å². The number of hydrogen-bond acceptors (Lipinski definition) is 5. The highest BCUT2D eigenvalue weighted by Crippen LogP contribution is 2.23. The van der Waals surface area contributed by atoms with Gasteiger partial charge in [0, 0.05) is 44.0 Å². The summed E-state index contributed by atoms with van der Waals surface area (Å²) in [5.41, 5.74) is 3.28. The summed E-state index contributed by atoms with van der Waals surface area (Å²) in [4.78, 5) is 34.2. The number of nitrogens with one attached hydrogen (secondary N) is 1. The summed E-state index contributed by atoms with van der Waals surface area (Å²) >= 11 is 0. The lowest BCUT2D eigenvalue weighted by molar-refractivity contribution is 0.0624. The zero-order valence-corrected chi connectivity index (χ0v) is 19.1. The van der Waals surface area contributed by atoms with E-state index in [2.05, 4.69) is 21.7 Å². The lowest BCUT2D eigenvalue weighted by atomic mass is 10.2. The molecule has 0 atom stereocenters. The van der Waals surface area contributed by atoms with E-state index in [1.807, 2.05) is 53.4 Å². The van der Waals surface area contributed by atoms with Gasteiger partial charge in [-0.1, -0.05) is 18.2 Å². The molecule has 4 aromatic rings. The van der Waals surface area contributed by atoms with Crippen LogP contribution in [0.25, 0.3) is 11.0 Å². The highest BCUT2D eigenvalue weighted by Gasteiger charge is 2.23. The molecule has 1 aliphatic rings. The van der Waals surface area contributed by atoms with Crippen molar-refractivity contribution in [3.63, 3.8) is 0 Å². The number of furan rings is 1. The number of anilines is 1. The molecule has 2 amide bonds. The van der Waals surface area contributed by atoms with E-state index in [1.54, 1.807) is 12.1 Å². The fourth-order valence-electron chi connectivity index (χ4n) is 4.40. The number of amides is 2. The van der Waals surface area contributed by atoms with Gasteiger partial charge in [-0.15, -0.1) is 0 Å². The third kappa shape index (κ3) is 4.45. The summed E-state index contributed by atoms with van der Waals surface area (Å²) in [6.45, 7) is 6.62. The van der Waals surface area contributed by atoms with Gasteiger partial charge < -0.3 is 19.2 Å². The van der Waals surface area contributed by atoms with Crippen LogP contribution >= 0.6 is 0 Å². The molecule has 2 aromatic carbocycles. The van der Waals surface area contributed by atoms with E-state index in [0.717, 1.165) is 42.1 Å². The van der Waals surface area contributed by atoms with Crippen molar-refractivity contribution in [3.05, 3.63) is 84.1 Å². The Kier molecular flexibility index (Phi) is 6.14. The SMILES string of the molecule is CCn1c(CN2CCN(C(=O)c3ccccc3)CC2)nc2cc(NC(=O)c3ccco3)ccc21. The second-order valence-corrected chi connectivity index (χ2v) is 8.34. The Balaban J connectivity index is 1.26.